The Morgan fingerprint density at radius 3 is 0.860 bits per heavy atom. The van der Waals surface area contributed by atoms with Crippen molar-refractivity contribution in [2.45, 2.75) is 291 Å². The van der Waals surface area contributed by atoms with E-state index in [4.69, 9.17) is 14.2 Å². The molecule has 0 rings (SSSR count). The molecule has 57 heavy (non-hydrogen) atoms. The van der Waals surface area contributed by atoms with Gasteiger partial charge < -0.3 is 14.2 Å². The van der Waals surface area contributed by atoms with E-state index in [0.717, 1.165) is 63.7 Å². The van der Waals surface area contributed by atoms with Crippen molar-refractivity contribution in [2.24, 2.45) is 5.92 Å². The summed E-state index contributed by atoms with van der Waals surface area (Å²) in [5, 5.41) is 0. The SMILES string of the molecule is CCCCCCCCCCCCCCCCCC(=O)O[C@@H](COC(=O)CCCCCCCCCCCCCCC)COC(=O)CCCCCCCCCCC(C)C. The second kappa shape index (κ2) is 45.5. The number of hydrogen-bond donors (Lipinski definition) is 0. The van der Waals surface area contributed by atoms with Crippen molar-refractivity contribution in [3.63, 3.8) is 0 Å². The van der Waals surface area contributed by atoms with Gasteiger partial charge >= 0.3 is 17.9 Å². The van der Waals surface area contributed by atoms with Crippen molar-refractivity contribution in [1.82, 2.24) is 0 Å². The van der Waals surface area contributed by atoms with Gasteiger partial charge in [0.05, 0.1) is 0 Å². The van der Waals surface area contributed by atoms with Crippen molar-refractivity contribution in [1.29, 1.82) is 0 Å². The lowest BCUT2D eigenvalue weighted by atomic mass is 10.0. The van der Waals surface area contributed by atoms with Crippen LogP contribution in [-0.4, -0.2) is 37.2 Å². The molecule has 0 saturated heterocycles. The third-order valence-electron chi connectivity index (χ3n) is 11.5. The van der Waals surface area contributed by atoms with E-state index in [1.54, 1.807) is 0 Å². The molecule has 0 amide bonds. The van der Waals surface area contributed by atoms with Crippen LogP contribution in [-0.2, 0) is 28.6 Å². The lowest BCUT2D eigenvalue weighted by Gasteiger charge is -2.18. The maximum atomic E-state index is 12.8. The molecule has 0 aliphatic rings. The van der Waals surface area contributed by atoms with Crippen LogP contribution >= 0.6 is 0 Å². The normalized spacial score (nSPS) is 11.9. The first kappa shape index (κ1) is 55.4. The molecule has 0 radical (unpaired) electrons. The minimum absolute atomic E-state index is 0.0632. The number of carbonyl (C=O) groups is 3. The molecule has 0 aromatic heterocycles. The van der Waals surface area contributed by atoms with Gasteiger partial charge in [-0.1, -0.05) is 246 Å². The van der Waals surface area contributed by atoms with Gasteiger partial charge in [-0.05, 0) is 25.2 Å². The fraction of sp³-hybridized carbons (Fsp3) is 0.941. The van der Waals surface area contributed by atoms with Gasteiger partial charge in [-0.25, -0.2) is 0 Å². The summed E-state index contributed by atoms with van der Waals surface area (Å²) in [6.45, 7) is 8.99. The minimum Gasteiger partial charge on any atom is -0.462 e. The molecule has 0 fully saturated rings. The molecule has 0 aromatic carbocycles. The summed E-state index contributed by atoms with van der Waals surface area (Å²) < 4.78 is 16.8. The fourth-order valence-electron chi connectivity index (χ4n) is 7.69. The van der Waals surface area contributed by atoms with Gasteiger partial charge in [0.2, 0.25) is 0 Å². The topological polar surface area (TPSA) is 78.9 Å². The Kier molecular flexibility index (Phi) is 44.2. The van der Waals surface area contributed by atoms with Crippen LogP contribution in [0.1, 0.15) is 285 Å². The average molecular weight is 807 g/mol. The van der Waals surface area contributed by atoms with Crippen LogP contribution in [0.15, 0.2) is 0 Å². The summed E-state index contributed by atoms with van der Waals surface area (Å²) in [6.07, 6.45) is 46.6. The van der Waals surface area contributed by atoms with Gasteiger partial charge in [-0.2, -0.15) is 0 Å². The Morgan fingerprint density at radius 1 is 0.333 bits per heavy atom. The van der Waals surface area contributed by atoms with E-state index < -0.39 is 6.10 Å². The molecule has 0 bridgehead atoms. The largest absolute Gasteiger partial charge is 0.462 e. The first-order chi connectivity index (χ1) is 27.9. The summed E-state index contributed by atoms with van der Waals surface area (Å²) in [5.74, 6) is -0.0507. The molecule has 0 aliphatic heterocycles. The fourth-order valence-corrected chi connectivity index (χ4v) is 7.69. The lowest BCUT2D eigenvalue weighted by molar-refractivity contribution is -0.167. The number of hydrogen-bond acceptors (Lipinski definition) is 6. The van der Waals surface area contributed by atoms with Crippen LogP contribution in [0.25, 0.3) is 0 Å². The highest BCUT2D eigenvalue weighted by Crippen LogP contribution is 2.17. The molecule has 6 nitrogen and oxygen atoms in total. The summed E-state index contributed by atoms with van der Waals surface area (Å²) in [7, 11) is 0. The van der Waals surface area contributed by atoms with Gasteiger partial charge in [0.15, 0.2) is 6.10 Å². The van der Waals surface area contributed by atoms with Gasteiger partial charge in [0.1, 0.15) is 13.2 Å². The van der Waals surface area contributed by atoms with Crippen LogP contribution in [0.3, 0.4) is 0 Å². The number of rotatable bonds is 46. The van der Waals surface area contributed by atoms with Crippen LogP contribution in [0.4, 0.5) is 0 Å². The molecule has 0 N–H and O–H groups in total. The monoisotopic (exact) mass is 807 g/mol. The highest BCUT2D eigenvalue weighted by molar-refractivity contribution is 5.71. The van der Waals surface area contributed by atoms with Gasteiger partial charge in [0, 0.05) is 19.3 Å². The summed E-state index contributed by atoms with van der Waals surface area (Å²) in [5.41, 5.74) is 0. The van der Waals surface area contributed by atoms with Crippen LogP contribution in [0.5, 0.6) is 0 Å². The van der Waals surface area contributed by atoms with Gasteiger partial charge in [0.25, 0.3) is 0 Å². The molecular weight excluding hydrogens is 709 g/mol. The molecule has 0 spiro atoms. The molecule has 1 atom stereocenters. The quantitative estimate of drug-likeness (QED) is 0.0346. The minimum atomic E-state index is -0.760. The molecule has 0 unspecified atom stereocenters. The van der Waals surface area contributed by atoms with Crippen LogP contribution < -0.4 is 0 Å². The Morgan fingerprint density at radius 2 is 0.579 bits per heavy atom. The maximum Gasteiger partial charge on any atom is 0.306 e. The summed E-state index contributed by atoms with van der Waals surface area (Å²) in [4.78, 5) is 37.9. The number of ether oxygens (including phenoxy) is 3. The molecule has 6 heteroatoms. The van der Waals surface area contributed by atoms with E-state index in [9.17, 15) is 14.4 Å². The van der Waals surface area contributed by atoms with Crippen LogP contribution in [0, 0.1) is 5.92 Å². The number of esters is 3. The average Bonchev–Trinajstić information content (AvgIpc) is 3.19. The van der Waals surface area contributed by atoms with E-state index in [1.807, 2.05) is 0 Å². The van der Waals surface area contributed by atoms with E-state index in [-0.39, 0.29) is 31.1 Å². The second-order valence-electron chi connectivity index (χ2n) is 17.9. The van der Waals surface area contributed by atoms with Crippen molar-refractivity contribution >= 4 is 17.9 Å². The zero-order chi connectivity index (χ0) is 41.7. The molecular formula is C51H98O6. The van der Waals surface area contributed by atoms with Crippen molar-refractivity contribution in [3.05, 3.63) is 0 Å². The first-order valence-corrected chi connectivity index (χ1v) is 25.4. The Balaban J connectivity index is 4.31. The Hall–Kier alpha value is -1.59. The number of carbonyl (C=O) groups excluding carboxylic acids is 3. The van der Waals surface area contributed by atoms with Gasteiger partial charge in [-0.15, -0.1) is 0 Å². The molecule has 338 valence electrons. The molecule has 0 aromatic rings. The third-order valence-corrected chi connectivity index (χ3v) is 11.5. The summed E-state index contributed by atoms with van der Waals surface area (Å²) in [6, 6.07) is 0. The van der Waals surface area contributed by atoms with Crippen molar-refractivity contribution in [3.8, 4) is 0 Å². The first-order valence-electron chi connectivity index (χ1n) is 25.4. The smallest absolute Gasteiger partial charge is 0.306 e. The van der Waals surface area contributed by atoms with Crippen LogP contribution in [0.2, 0.25) is 0 Å². The lowest BCUT2D eigenvalue weighted by Crippen LogP contribution is -2.30. The van der Waals surface area contributed by atoms with E-state index >= 15 is 0 Å². The molecule has 0 heterocycles. The highest BCUT2D eigenvalue weighted by Gasteiger charge is 2.19. The zero-order valence-corrected chi connectivity index (χ0v) is 38.8. The maximum absolute atomic E-state index is 12.8. The Labute approximate surface area is 355 Å². The van der Waals surface area contributed by atoms with Gasteiger partial charge in [-0.3, -0.25) is 14.4 Å². The second-order valence-corrected chi connectivity index (χ2v) is 17.9. The standard InChI is InChI=1S/C51H98O6/c1-5-7-9-11-13-15-17-19-20-22-24-26-32-36-40-44-51(54)57-48(46-56-50(53)43-39-35-31-28-27-29-33-37-41-47(3)4)45-55-49(52)42-38-34-30-25-23-21-18-16-14-12-10-8-6-2/h47-48H,5-46H2,1-4H3/t48-/m0/s1. The molecule has 0 saturated carbocycles. The Bertz CT molecular complexity index is 857. The predicted octanol–water partition coefficient (Wildman–Crippen LogP) is 16.3. The zero-order valence-electron chi connectivity index (χ0n) is 38.8. The van der Waals surface area contributed by atoms with E-state index in [0.29, 0.717) is 19.3 Å². The van der Waals surface area contributed by atoms with Crippen molar-refractivity contribution in [2.75, 3.05) is 13.2 Å². The van der Waals surface area contributed by atoms with Crippen molar-refractivity contribution < 1.29 is 28.6 Å². The van der Waals surface area contributed by atoms with E-state index in [2.05, 4.69) is 27.7 Å². The third kappa shape index (κ3) is 45.3. The van der Waals surface area contributed by atoms with E-state index in [1.165, 1.54) is 180 Å². The number of unbranched alkanes of at least 4 members (excludes halogenated alkanes) is 33. The highest BCUT2D eigenvalue weighted by atomic mass is 16.6. The predicted molar refractivity (Wildman–Crippen MR) is 243 cm³/mol. The summed E-state index contributed by atoms with van der Waals surface area (Å²) >= 11 is 0. The molecule has 0 aliphatic carbocycles.